The second-order valence-electron chi connectivity index (χ2n) is 1.97. The third-order valence-corrected chi connectivity index (χ3v) is 1.52. The molecule has 1 aromatic carbocycles. The molecule has 0 saturated carbocycles. The molecule has 0 bridgehead atoms. The van der Waals surface area contributed by atoms with E-state index in [1.54, 1.807) is 12.1 Å². The van der Waals surface area contributed by atoms with E-state index >= 15 is 0 Å². The second kappa shape index (κ2) is 2.94. The van der Waals surface area contributed by atoms with Crippen molar-refractivity contribution in [3.63, 3.8) is 0 Å². The van der Waals surface area contributed by atoms with Crippen LogP contribution in [0.5, 0.6) is 5.75 Å². The molecule has 0 aliphatic heterocycles. The van der Waals surface area contributed by atoms with E-state index < -0.39 is 0 Å². The lowest BCUT2D eigenvalue weighted by Gasteiger charge is -1.99. The van der Waals surface area contributed by atoms with Crippen molar-refractivity contribution in [2.24, 2.45) is 0 Å². The number of aliphatic hydroxyl groups is 1. The zero-order valence-corrected chi connectivity index (χ0v) is 6.18. The number of thiol groups is 1. The van der Waals surface area contributed by atoms with Crippen molar-refractivity contribution in [1.29, 1.82) is 0 Å². The Bertz CT molecular complexity index is 235. The summed E-state index contributed by atoms with van der Waals surface area (Å²) in [7, 11) is 0. The molecule has 2 N–H and O–H groups in total. The lowest BCUT2D eigenvalue weighted by atomic mass is 10.2. The fourth-order valence-electron chi connectivity index (χ4n) is 0.686. The average Bonchev–Trinajstić information content (AvgIpc) is 1.88. The first kappa shape index (κ1) is 7.44. The van der Waals surface area contributed by atoms with E-state index in [1.165, 1.54) is 6.07 Å². The molecule has 0 spiro atoms. The van der Waals surface area contributed by atoms with Gasteiger partial charge in [0, 0.05) is 10.5 Å². The molecule has 0 unspecified atom stereocenters. The van der Waals surface area contributed by atoms with Crippen LogP contribution in [0.15, 0.2) is 23.1 Å². The van der Waals surface area contributed by atoms with Gasteiger partial charge in [-0.15, -0.1) is 12.6 Å². The zero-order chi connectivity index (χ0) is 7.56. The minimum atomic E-state index is -0.139. The van der Waals surface area contributed by atoms with Crippen molar-refractivity contribution in [2.45, 2.75) is 11.5 Å². The van der Waals surface area contributed by atoms with Gasteiger partial charge in [-0.05, 0) is 12.1 Å². The molecule has 0 aliphatic rings. The molecular formula is C7H8O2S. The van der Waals surface area contributed by atoms with Crippen molar-refractivity contribution in [2.75, 3.05) is 0 Å². The van der Waals surface area contributed by atoms with Crippen molar-refractivity contribution >= 4 is 12.6 Å². The molecule has 0 aliphatic carbocycles. The molecule has 0 saturated heterocycles. The Morgan fingerprint density at radius 1 is 1.40 bits per heavy atom. The molecule has 0 amide bonds. The summed E-state index contributed by atoms with van der Waals surface area (Å²) in [4.78, 5) is 0.690. The maximum Gasteiger partial charge on any atom is 0.122 e. The SMILES string of the molecule is OCc1ccc(S)cc1O. The number of hydrogen-bond acceptors (Lipinski definition) is 3. The fourth-order valence-corrected chi connectivity index (χ4v) is 0.883. The van der Waals surface area contributed by atoms with Gasteiger partial charge in [-0.25, -0.2) is 0 Å². The van der Waals surface area contributed by atoms with Crippen molar-refractivity contribution in [1.82, 2.24) is 0 Å². The van der Waals surface area contributed by atoms with Crippen LogP contribution in [0.25, 0.3) is 0 Å². The van der Waals surface area contributed by atoms with E-state index in [0.717, 1.165) is 0 Å². The number of phenols is 1. The molecule has 0 radical (unpaired) electrons. The summed E-state index contributed by atoms with van der Waals surface area (Å²) in [6.45, 7) is -0.139. The molecule has 0 fully saturated rings. The largest absolute Gasteiger partial charge is 0.508 e. The summed E-state index contributed by atoms with van der Waals surface area (Å²) < 4.78 is 0. The minimum absolute atomic E-state index is 0.0926. The first-order chi connectivity index (χ1) is 4.74. The maximum atomic E-state index is 9.08. The van der Waals surface area contributed by atoms with Crippen LogP contribution >= 0.6 is 12.6 Å². The van der Waals surface area contributed by atoms with Crippen LogP contribution in [0.2, 0.25) is 0 Å². The van der Waals surface area contributed by atoms with Gasteiger partial charge in [0.1, 0.15) is 5.75 Å². The molecule has 1 aromatic rings. The van der Waals surface area contributed by atoms with Gasteiger partial charge in [0.05, 0.1) is 6.61 Å². The van der Waals surface area contributed by atoms with E-state index in [0.29, 0.717) is 10.5 Å². The van der Waals surface area contributed by atoms with Gasteiger partial charge in [0.2, 0.25) is 0 Å². The first-order valence-electron chi connectivity index (χ1n) is 2.86. The lowest BCUT2D eigenvalue weighted by Crippen LogP contribution is -1.82. The Balaban J connectivity index is 3.07. The topological polar surface area (TPSA) is 40.5 Å². The molecule has 0 aromatic heterocycles. The summed E-state index contributed by atoms with van der Waals surface area (Å²) >= 11 is 4.00. The Labute approximate surface area is 64.5 Å². The van der Waals surface area contributed by atoms with Crippen LogP contribution < -0.4 is 0 Å². The summed E-state index contributed by atoms with van der Waals surface area (Å²) in [6.07, 6.45) is 0. The monoisotopic (exact) mass is 156 g/mol. The molecule has 10 heavy (non-hydrogen) atoms. The quantitative estimate of drug-likeness (QED) is 0.534. The summed E-state index contributed by atoms with van der Waals surface area (Å²) in [5, 5.41) is 17.7. The Morgan fingerprint density at radius 3 is 2.60 bits per heavy atom. The van der Waals surface area contributed by atoms with Crippen LogP contribution in [0.3, 0.4) is 0 Å². The Hall–Kier alpha value is -0.670. The number of rotatable bonds is 1. The number of hydrogen-bond donors (Lipinski definition) is 3. The normalized spacial score (nSPS) is 9.80. The molecule has 0 heterocycles. The molecule has 0 atom stereocenters. The van der Waals surface area contributed by atoms with Gasteiger partial charge >= 0.3 is 0 Å². The summed E-state index contributed by atoms with van der Waals surface area (Å²) in [6, 6.07) is 4.85. The Morgan fingerprint density at radius 2 is 2.10 bits per heavy atom. The van der Waals surface area contributed by atoms with Crippen LogP contribution in [-0.4, -0.2) is 10.2 Å². The minimum Gasteiger partial charge on any atom is -0.508 e. The predicted octanol–water partition coefficient (Wildman–Crippen LogP) is 1.17. The van der Waals surface area contributed by atoms with Gasteiger partial charge in [0.15, 0.2) is 0 Å². The van der Waals surface area contributed by atoms with Gasteiger partial charge < -0.3 is 10.2 Å². The standard InChI is InChI=1S/C7H8O2S/c8-4-5-1-2-6(10)3-7(5)9/h1-3,8-10H,4H2. The highest BCUT2D eigenvalue weighted by Crippen LogP contribution is 2.20. The predicted molar refractivity (Wildman–Crippen MR) is 41.3 cm³/mol. The highest BCUT2D eigenvalue weighted by atomic mass is 32.1. The van der Waals surface area contributed by atoms with Gasteiger partial charge in [0.25, 0.3) is 0 Å². The van der Waals surface area contributed by atoms with E-state index in [2.05, 4.69) is 12.6 Å². The van der Waals surface area contributed by atoms with Crippen molar-refractivity contribution in [3.05, 3.63) is 23.8 Å². The average molecular weight is 156 g/mol. The zero-order valence-electron chi connectivity index (χ0n) is 5.28. The van der Waals surface area contributed by atoms with Gasteiger partial charge in [-0.3, -0.25) is 0 Å². The van der Waals surface area contributed by atoms with Crippen LogP contribution in [-0.2, 0) is 6.61 Å². The summed E-state index contributed by atoms with van der Waals surface area (Å²) in [5.41, 5.74) is 0.526. The smallest absolute Gasteiger partial charge is 0.122 e. The number of aliphatic hydroxyl groups excluding tert-OH is 1. The van der Waals surface area contributed by atoms with E-state index in [4.69, 9.17) is 10.2 Å². The molecule has 1 rings (SSSR count). The molecular weight excluding hydrogens is 148 g/mol. The van der Waals surface area contributed by atoms with E-state index in [-0.39, 0.29) is 12.4 Å². The van der Waals surface area contributed by atoms with Crippen LogP contribution in [0.4, 0.5) is 0 Å². The molecule has 3 heteroatoms. The molecule has 54 valence electrons. The third kappa shape index (κ3) is 1.43. The number of benzene rings is 1. The fraction of sp³-hybridized carbons (Fsp3) is 0.143. The highest BCUT2D eigenvalue weighted by Gasteiger charge is 1.97. The second-order valence-corrected chi connectivity index (χ2v) is 2.49. The van der Waals surface area contributed by atoms with Crippen molar-refractivity contribution < 1.29 is 10.2 Å². The van der Waals surface area contributed by atoms with Gasteiger partial charge in [-0.2, -0.15) is 0 Å². The maximum absolute atomic E-state index is 9.08. The molecule has 2 nitrogen and oxygen atoms in total. The first-order valence-corrected chi connectivity index (χ1v) is 3.30. The number of aromatic hydroxyl groups is 1. The highest BCUT2D eigenvalue weighted by molar-refractivity contribution is 7.80. The van der Waals surface area contributed by atoms with E-state index in [9.17, 15) is 0 Å². The van der Waals surface area contributed by atoms with Gasteiger partial charge in [-0.1, -0.05) is 6.07 Å². The third-order valence-electron chi connectivity index (χ3n) is 1.24. The van der Waals surface area contributed by atoms with E-state index in [1.807, 2.05) is 0 Å². The lowest BCUT2D eigenvalue weighted by molar-refractivity contribution is 0.275. The summed E-state index contributed by atoms with van der Waals surface area (Å²) in [5.74, 6) is 0.0926. The Kier molecular flexibility index (Phi) is 2.19. The van der Waals surface area contributed by atoms with Crippen molar-refractivity contribution in [3.8, 4) is 5.75 Å². The van der Waals surface area contributed by atoms with Crippen LogP contribution in [0, 0.1) is 0 Å². The van der Waals surface area contributed by atoms with Crippen LogP contribution in [0.1, 0.15) is 5.56 Å².